The zero-order chi connectivity index (χ0) is 27.9. The summed E-state index contributed by atoms with van der Waals surface area (Å²) in [6.07, 6.45) is 7.79. The number of nitrogens with one attached hydrogen (secondary N) is 1. The molecule has 0 bridgehead atoms. The minimum atomic E-state index is -0.193. The Morgan fingerprint density at radius 3 is 2.67 bits per heavy atom. The van der Waals surface area contributed by atoms with Crippen LogP contribution in [0.1, 0.15) is 66.1 Å². The average Bonchev–Trinajstić information content (AvgIpc) is 2.98. The van der Waals surface area contributed by atoms with Gasteiger partial charge in [0.25, 0.3) is 11.8 Å². The number of ether oxygens (including phenoxy) is 1. The molecule has 2 aliphatic heterocycles. The Morgan fingerprint density at radius 2 is 1.88 bits per heavy atom. The standard InChI is InChI=1S/C34H39N3O3/c1-3-29-12-6-7-20-36(29)21-9-19-35-33(38)28-17-15-26(16-18-28)23-32-34(39)37(24-27-11-8-10-25(2)22-27)30-13-4-5-14-31(30)40-32/h4-5,8,10-11,13-18,22-23,29H,3,6-7,9,12,19-21,24H2,1-2H3,(H,35,38)/b32-23+. The Bertz CT molecular complexity index is 1360. The first-order valence-electron chi connectivity index (χ1n) is 14.5. The number of benzene rings is 3. The van der Waals surface area contributed by atoms with E-state index in [4.69, 9.17) is 4.74 Å². The molecule has 0 aromatic heterocycles. The van der Waals surface area contributed by atoms with Crippen LogP contribution in [0.15, 0.2) is 78.6 Å². The van der Waals surface area contributed by atoms with Crippen LogP contribution in [0.4, 0.5) is 5.69 Å². The van der Waals surface area contributed by atoms with Crippen molar-refractivity contribution in [2.45, 2.75) is 58.5 Å². The van der Waals surface area contributed by atoms with Crippen LogP contribution in [0.5, 0.6) is 5.75 Å². The molecule has 0 radical (unpaired) electrons. The molecule has 3 aromatic rings. The molecule has 2 heterocycles. The summed E-state index contributed by atoms with van der Waals surface area (Å²) in [5.74, 6) is 0.632. The highest BCUT2D eigenvalue weighted by Crippen LogP contribution is 2.36. The van der Waals surface area contributed by atoms with Crippen molar-refractivity contribution in [2.75, 3.05) is 24.5 Å². The predicted molar refractivity (Wildman–Crippen MR) is 160 cm³/mol. The maximum Gasteiger partial charge on any atom is 0.294 e. The quantitative estimate of drug-likeness (QED) is 0.255. The van der Waals surface area contributed by atoms with Crippen LogP contribution < -0.4 is 15.0 Å². The topological polar surface area (TPSA) is 61.9 Å². The highest BCUT2D eigenvalue weighted by atomic mass is 16.5. The van der Waals surface area contributed by atoms with E-state index in [2.05, 4.69) is 23.2 Å². The number of piperidine rings is 1. The van der Waals surface area contributed by atoms with Crippen molar-refractivity contribution < 1.29 is 14.3 Å². The molecule has 1 N–H and O–H groups in total. The van der Waals surface area contributed by atoms with Crippen LogP contribution in [0.3, 0.4) is 0 Å². The number of hydrogen-bond donors (Lipinski definition) is 1. The van der Waals surface area contributed by atoms with Crippen LogP contribution in [0.25, 0.3) is 6.08 Å². The van der Waals surface area contributed by atoms with E-state index >= 15 is 0 Å². The Labute approximate surface area is 237 Å². The van der Waals surface area contributed by atoms with Crippen molar-refractivity contribution in [3.8, 4) is 5.75 Å². The van der Waals surface area contributed by atoms with Gasteiger partial charge in [-0.05, 0) is 80.6 Å². The molecule has 0 aliphatic carbocycles. The van der Waals surface area contributed by atoms with Gasteiger partial charge in [-0.15, -0.1) is 0 Å². The molecule has 0 saturated carbocycles. The lowest BCUT2D eigenvalue weighted by atomic mass is 10.00. The largest absolute Gasteiger partial charge is 0.449 e. The molecule has 0 spiro atoms. The van der Waals surface area contributed by atoms with Crippen LogP contribution in [0, 0.1) is 6.92 Å². The fraction of sp³-hybridized carbons (Fsp3) is 0.353. The lowest BCUT2D eigenvalue weighted by Gasteiger charge is -2.35. The molecule has 2 aliphatic rings. The Kier molecular flexibility index (Phi) is 8.97. The zero-order valence-corrected chi connectivity index (χ0v) is 23.6. The van der Waals surface area contributed by atoms with Crippen molar-refractivity contribution in [3.63, 3.8) is 0 Å². The monoisotopic (exact) mass is 537 g/mol. The Morgan fingerprint density at radius 1 is 1.05 bits per heavy atom. The van der Waals surface area contributed by atoms with Gasteiger partial charge in [0.2, 0.25) is 0 Å². The number of nitrogens with zero attached hydrogens (tertiary/aromatic N) is 2. The summed E-state index contributed by atoms with van der Waals surface area (Å²) < 4.78 is 6.04. The lowest BCUT2D eigenvalue weighted by molar-refractivity contribution is -0.117. The van der Waals surface area contributed by atoms with Gasteiger partial charge in [0.1, 0.15) is 0 Å². The average molecular weight is 538 g/mol. The van der Waals surface area contributed by atoms with Crippen molar-refractivity contribution in [3.05, 3.63) is 101 Å². The molecule has 2 amide bonds. The van der Waals surface area contributed by atoms with Gasteiger partial charge < -0.3 is 15.0 Å². The second kappa shape index (κ2) is 13.0. The van der Waals surface area contributed by atoms with Crippen LogP contribution in [0.2, 0.25) is 0 Å². The number of rotatable bonds is 9. The highest BCUT2D eigenvalue weighted by Gasteiger charge is 2.30. The number of fused-ring (bicyclic) bond motifs is 1. The molecule has 1 saturated heterocycles. The van der Waals surface area contributed by atoms with E-state index in [0.29, 0.717) is 30.4 Å². The number of hydrogen-bond acceptors (Lipinski definition) is 4. The number of amides is 2. The van der Waals surface area contributed by atoms with Gasteiger partial charge in [-0.1, -0.05) is 67.4 Å². The summed E-state index contributed by atoms with van der Waals surface area (Å²) in [6, 6.07) is 23.7. The Balaban J connectivity index is 1.22. The van der Waals surface area contributed by atoms with Gasteiger partial charge in [-0.25, -0.2) is 0 Å². The summed E-state index contributed by atoms with van der Waals surface area (Å²) >= 11 is 0. The number of carbonyl (C=O) groups excluding carboxylic acids is 2. The van der Waals surface area contributed by atoms with Gasteiger partial charge in [0.05, 0.1) is 12.2 Å². The van der Waals surface area contributed by atoms with E-state index in [0.717, 1.165) is 35.3 Å². The van der Waals surface area contributed by atoms with Gasteiger partial charge in [0, 0.05) is 24.7 Å². The maximum absolute atomic E-state index is 13.5. The fourth-order valence-corrected chi connectivity index (χ4v) is 5.70. The van der Waals surface area contributed by atoms with Crippen molar-refractivity contribution in [1.29, 1.82) is 0 Å². The van der Waals surface area contributed by atoms with Gasteiger partial charge in [-0.3, -0.25) is 14.5 Å². The summed E-state index contributed by atoms with van der Waals surface area (Å²) in [5.41, 5.74) is 4.36. The molecule has 6 nitrogen and oxygen atoms in total. The molecular weight excluding hydrogens is 498 g/mol. The first-order chi connectivity index (χ1) is 19.5. The summed E-state index contributed by atoms with van der Waals surface area (Å²) in [7, 11) is 0. The molecule has 208 valence electrons. The predicted octanol–water partition coefficient (Wildman–Crippen LogP) is 6.35. The summed E-state index contributed by atoms with van der Waals surface area (Å²) in [4.78, 5) is 30.6. The van der Waals surface area contributed by atoms with Gasteiger partial charge in [0.15, 0.2) is 11.5 Å². The number of anilines is 1. The molecule has 5 rings (SSSR count). The molecule has 3 aromatic carbocycles. The van der Waals surface area contributed by atoms with E-state index in [1.54, 1.807) is 23.1 Å². The number of likely N-dealkylation sites (tertiary alicyclic amines) is 1. The number of carbonyl (C=O) groups is 2. The normalized spacial score (nSPS) is 18.4. The van der Waals surface area contributed by atoms with Gasteiger partial charge in [-0.2, -0.15) is 0 Å². The summed E-state index contributed by atoms with van der Waals surface area (Å²) in [5, 5.41) is 3.06. The van der Waals surface area contributed by atoms with Crippen molar-refractivity contribution in [1.82, 2.24) is 10.2 Å². The van der Waals surface area contributed by atoms with E-state index < -0.39 is 0 Å². The Hall–Kier alpha value is -3.90. The molecule has 1 atom stereocenters. The second-order valence-corrected chi connectivity index (χ2v) is 10.8. The van der Waals surface area contributed by atoms with E-state index in [9.17, 15) is 9.59 Å². The third kappa shape index (κ3) is 6.62. The minimum absolute atomic E-state index is 0.0758. The summed E-state index contributed by atoms with van der Waals surface area (Å²) in [6.45, 7) is 7.63. The molecule has 1 unspecified atom stereocenters. The molecular formula is C34H39N3O3. The zero-order valence-electron chi connectivity index (χ0n) is 23.6. The smallest absolute Gasteiger partial charge is 0.294 e. The van der Waals surface area contributed by atoms with E-state index in [1.165, 1.54) is 32.2 Å². The third-order valence-electron chi connectivity index (χ3n) is 7.85. The molecule has 1 fully saturated rings. The van der Waals surface area contributed by atoms with Crippen molar-refractivity contribution in [2.24, 2.45) is 0 Å². The molecule has 40 heavy (non-hydrogen) atoms. The van der Waals surface area contributed by atoms with E-state index in [1.807, 2.05) is 61.5 Å². The first kappa shape index (κ1) is 27.7. The minimum Gasteiger partial charge on any atom is -0.449 e. The lowest BCUT2D eigenvalue weighted by Crippen LogP contribution is -2.40. The third-order valence-corrected chi connectivity index (χ3v) is 7.85. The fourth-order valence-electron chi connectivity index (χ4n) is 5.70. The maximum atomic E-state index is 13.5. The van der Waals surface area contributed by atoms with Gasteiger partial charge >= 0.3 is 0 Å². The second-order valence-electron chi connectivity index (χ2n) is 10.8. The van der Waals surface area contributed by atoms with Crippen LogP contribution in [-0.2, 0) is 11.3 Å². The first-order valence-corrected chi connectivity index (χ1v) is 14.5. The van der Waals surface area contributed by atoms with Crippen LogP contribution in [-0.4, -0.2) is 42.4 Å². The van der Waals surface area contributed by atoms with Crippen LogP contribution >= 0.6 is 0 Å². The van der Waals surface area contributed by atoms with Crippen molar-refractivity contribution >= 4 is 23.6 Å². The van der Waals surface area contributed by atoms with E-state index in [-0.39, 0.29) is 17.6 Å². The number of para-hydroxylation sites is 2. The highest BCUT2D eigenvalue weighted by molar-refractivity contribution is 6.09. The SMILES string of the molecule is CCC1CCCCN1CCCNC(=O)c1ccc(/C=C2/Oc3ccccc3N(Cc3cccc(C)c3)C2=O)cc1. The molecule has 6 heteroatoms. The number of aryl methyl sites for hydroxylation is 1.